The minimum Gasteiger partial charge on any atom is -0.490 e. The number of ether oxygens (including phenoxy) is 2. The molecular formula is C34H45N3O7. The van der Waals surface area contributed by atoms with Gasteiger partial charge in [-0.1, -0.05) is 38.3 Å². The van der Waals surface area contributed by atoms with Crippen LogP contribution in [-0.4, -0.2) is 81.7 Å². The second-order valence-corrected chi connectivity index (χ2v) is 12.3. The van der Waals surface area contributed by atoms with Gasteiger partial charge in [-0.25, -0.2) is 4.79 Å². The molecule has 1 aliphatic carbocycles. The minimum absolute atomic E-state index is 0.0640. The van der Waals surface area contributed by atoms with Gasteiger partial charge in [0.05, 0.1) is 18.3 Å². The summed E-state index contributed by atoms with van der Waals surface area (Å²) in [4.78, 5) is 42.9. The Kier molecular flexibility index (Phi) is 10.1. The fourth-order valence-corrected chi connectivity index (χ4v) is 6.90. The van der Waals surface area contributed by atoms with Gasteiger partial charge in [0, 0.05) is 26.2 Å². The highest BCUT2D eigenvalue weighted by atomic mass is 16.5. The zero-order chi connectivity index (χ0) is 31.3. The highest BCUT2D eigenvalue weighted by molar-refractivity contribution is 6.00. The molecule has 0 radical (unpaired) electrons. The van der Waals surface area contributed by atoms with Gasteiger partial charge >= 0.3 is 5.97 Å². The van der Waals surface area contributed by atoms with Crippen LogP contribution in [0.3, 0.4) is 0 Å². The average Bonchev–Trinajstić information content (AvgIpc) is 3.57. The first kappa shape index (κ1) is 31.8. The third-order valence-electron chi connectivity index (χ3n) is 9.45. The molecule has 44 heavy (non-hydrogen) atoms. The molecule has 2 aromatic carbocycles. The highest BCUT2D eigenvalue weighted by Crippen LogP contribution is 2.37. The lowest BCUT2D eigenvalue weighted by Gasteiger charge is -2.52. The Hall–Kier alpha value is -3.63. The predicted octanol–water partition coefficient (Wildman–Crippen LogP) is 4.59. The van der Waals surface area contributed by atoms with Crippen LogP contribution in [0.25, 0.3) is 0 Å². The standard InChI is InChI=1S/C34H45N3O7/c1-3-5-18-37-31(39)29(30(38)24-8-6-7-9-24)35-33(42)34(37)16-19-36(20-17-34)22-23-10-13-26(14-11-23)44-27-15-12-25(32(40)41)21-28(27)43-4-2/h10-15,21,24,29-30,38H,3-9,16-20,22H2,1-2H3,(H,35,42)(H,40,41)/t29-,30-/m1/s1. The van der Waals surface area contributed by atoms with Crippen molar-refractivity contribution in [3.05, 3.63) is 53.6 Å². The number of piperidine rings is 1. The Balaban J connectivity index is 1.22. The van der Waals surface area contributed by atoms with E-state index in [0.717, 1.165) is 44.1 Å². The van der Waals surface area contributed by atoms with E-state index >= 15 is 0 Å². The fourth-order valence-electron chi connectivity index (χ4n) is 6.90. The molecule has 0 unspecified atom stereocenters. The van der Waals surface area contributed by atoms with Crippen LogP contribution < -0.4 is 14.8 Å². The van der Waals surface area contributed by atoms with Crippen molar-refractivity contribution < 1.29 is 34.1 Å². The van der Waals surface area contributed by atoms with E-state index in [1.54, 1.807) is 11.0 Å². The first-order valence-electron chi connectivity index (χ1n) is 16.1. The third kappa shape index (κ3) is 6.71. The van der Waals surface area contributed by atoms with Gasteiger partial charge in [0.1, 0.15) is 17.3 Å². The minimum atomic E-state index is -1.03. The van der Waals surface area contributed by atoms with E-state index in [1.165, 1.54) is 12.1 Å². The van der Waals surface area contributed by atoms with Gasteiger partial charge in [-0.3, -0.25) is 14.5 Å². The van der Waals surface area contributed by atoms with Gasteiger partial charge < -0.3 is 29.9 Å². The maximum atomic E-state index is 13.8. The van der Waals surface area contributed by atoms with Crippen molar-refractivity contribution in [2.24, 2.45) is 5.92 Å². The number of carbonyl (C=O) groups is 3. The number of aliphatic hydroxyl groups excluding tert-OH is 1. The lowest BCUT2D eigenvalue weighted by Crippen LogP contribution is -2.75. The third-order valence-corrected chi connectivity index (χ3v) is 9.45. The topological polar surface area (TPSA) is 129 Å². The fraction of sp³-hybridized carbons (Fsp3) is 0.559. The molecule has 1 spiro atoms. The van der Waals surface area contributed by atoms with Crippen molar-refractivity contribution in [1.29, 1.82) is 0 Å². The van der Waals surface area contributed by atoms with Gasteiger partial charge in [0.25, 0.3) is 0 Å². The van der Waals surface area contributed by atoms with Crippen LogP contribution in [0.1, 0.15) is 81.1 Å². The molecule has 5 rings (SSSR count). The number of nitrogens with zero attached hydrogens (tertiary/aromatic N) is 2. The molecule has 0 bridgehead atoms. The summed E-state index contributed by atoms with van der Waals surface area (Å²) in [5.74, 6) is 0.194. The van der Waals surface area contributed by atoms with Gasteiger partial charge in [-0.15, -0.1) is 0 Å². The molecule has 10 heteroatoms. The summed E-state index contributed by atoms with van der Waals surface area (Å²) in [7, 11) is 0. The zero-order valence-electron chi connectivity index (χ0n) is 25.8. The van der Waals surface area contributed by atoms with Crippen molar-refractivity contribution in [2.75, 3.05) is 26.2 Å². The Morgan fingerprint density at radius 3 is 2.39 bits per heavy atom. The lowest BCUT2D eigenvalue weighted by atomic mass is 9.80. The van der Waals surface area contributed by atoms with Crippen molar-refractivity contribution in [3.63, 3.8) is 0 Å². The normalized spacial score (nSPS) is 21.3. The van der Waals surface area contributed by atoms with E-state index in [0.29, 0.717) is 62.9 Å². The summed E-state index contributed by atoms with van der Waals surface area (Å²) in [6, 6.07) is 11.4. The average molecular weight is 608 g/mol. The molecule has 0 aromatic heterocycles. The van der Waals surface area contributed by atoms with Gasteiger partial charge in [-0.2, -0.15) is 0 Å². The molecule has 2 amide bonds. The van der Waals surface area contributed by atoms with Crippen LogP contribution in [0.4, 0.5) is 0 Å². The highest BCUT2D eigenvalue weighted by Gasteiger charge is 2.55. The van der Waals surface area contributed by atoms with Crippen LogP contribution in [0.15, 0.2) is 42.5 Å². The number of amides is 2. The van der Waals surface area contributed by atoms with Crippen LogP contribution in [0.5, 0.6) is 17.2 Å². The number of hydrogen-bond acceptors (Lipinski definition) is 7. The number of likely N-dealkylation sites (tertiary alicyclic amines) is 1. The monoisotopic (exact) mass is 607 g/mol. The van der Waals surface area contributed by atoms with Crippen LogP contribution >= 0.6 is 0 Å². The Morgan fingerprint density at radius 1 is 1.05 bits per heavy atom. The van der Waals surface area contributed by atoms with E-state index in [1.807, 2.05) is 31.2 Å². The summed E-state index contributed by atoms with van der Waals surface area (Å²) < 4.78 is 11.6. The van der Waals surface area contributed by atoms with E-state index in [-0.39, 0.29) is 23.3 Å². The number of carboxylic acids is 1. The molecule has 2 atom stereocenters. The molecule has 2 saturated heterocycles. The maximum Gasteiger partial charge on any atom is 0.335 e. The summed E-state index contributed by atoms with van der Waals surface area (Å²) in [6.07, 6.45) is 5.92. The quantitative estimate of drug-likeness (QED) is 0.320. The molecule has 2 aromatic rings. The number of aliphatic hydroxyl groups is 1. The zero-order valence-corrected chi connectivity index (χ0v) is 25.8. The molecule has 2 aliphatic heterocycles. The summed E-state index contributed by atoms with van der Waals surface area (Å²) in [6.45, 7) is 6.86. The first-order valence-corrected chi connectivity index (χ1v) is 16.1. The number of piperazine rings is 1. The van der Waals surface area contributed by atoms with Crippen LogP contribution in [0, 0.1) is 5.92 Å². The Bertz CT molecular complexity index is 1320. The SMILES string of the molecule is CCCCN1C(=O)[C@@H]([C@H](O)C2CCCC2)NC(=O)C12CCN(Cc1ccc(Oc3ccc(C(=O)O)cc3OCC)cc1)CC2. The second kappa shape index (κ2) is 14.0. The number of nitrogens with one attached hydrogen (secondary N) is 1. The molecule has 3 aliphatic rings. The molecule has 1 saturated carbocycles. The molecule has 10 nitrogen and oxygen atoms in total. The number of rotatable bonds is 12. The molecular weight excluding hydrogens is 562 g/mol. The lowest BCUT2D eigenvalue weighted by molar-refractivity contribution is -0.165. The molecule has 238 valence electrons. The van der Waals surface area contributed by atoms with Crippen molar-refractivity contribution in [2.45, 2.75) is 89.4 Å². The smallest absolute Gasteiger partial charge is 0.335 e. The summed E-state index contributed by atoms with van der Waals surface area (Å²) in [5, 5.41) is 23.3. The van der Waals surface area contributed by atoms with Gasteiger partial charge in [0.15, 0.2) is 11.5 Å². The Labute approximate surface area is 259 Å². The molecule has 3 fully saturated rings. The van der Waals surface area contributed by atoms with Gasteiger partial charge in [-0.05, 0) is 80.8 Å². The second-order valence-electron chi connectivity index (χ2n) is 12.3. The number of carboxylic acid groups (broad SMARTS) is 1. The number of carbonyl (C=O) groups excluding carboxylic acids is 2. The van der Waals surface area contributed by atoms with Gasteiger partial charge in [0.2, 0.25) is 11.8 Å². The number of hydrogen-bond donors (Lipinski definition) is 3. The van der Waals surface area contributed by atoms with Crippen LogP contribution in [0.2, 0.25) is 0 Å². The number of benzene rings is 2. The number of unbranched alkanes of at least 4 members (excludes halogenated alkanes) is 1. The summed E-state index contributed by atoms with van der Waals surface area (Å²) in [5.41, 5.74) is 0.344. The predicted molar refractivity (Wildman–Crippen MR) is 165 cm³/mol. The Morgan fingerprint density at radius 2 is 1.75 bits per heavy atom. The van der Waals surface area contributed by atoms with Crippen molar-refractivity contribution in [1.82, 2.24) is 15.1 Å². The van der Waals surface area contributed by atoms with Crippen molar-refractivity contribution in [3.8, 4) is 17.2 Å². The first-order chi connectivity index (χ1) is 21.3. The van der Waals surface area contributed by atoms with E-state index in [9.17, 15) is 24.6 Å². The van der Waals surface area contributed by atoms with Crippen molar-refractivity contribution >= 4 is 17.8 Å². The van der Waals surface area contributed by atoms with E-state index < -0.39 is 23.7 Å². The van der Waals surface area contributed by atoms with Crippen LogP contribution in [-0.2, 0) is 16.1 Å². The van der Waals surface area contributed by atoms with E-state index in [2.05, 4.69) is 17.1 Å². The largest absolute Gasteiger partial charge is 0.490 e. The summed E-state index contributed by atoms with van der Waals surface area (Å²) >= 11 is 0. The van der Waals surface area contributed by atoms with E-state index in [4.69, 9.17) is 9.47 Å². The maximum absolute atomic E-state index is 13.8. The molecule has 2 heterocycles. The molecule has 3 N–H and O–H groups in total. The number of aromatic carboxylic acids is 1.